The molecule has 3 atom stereocenters. The number of rotatable bonds is 1. The van der Waals surface area contributed by atoms with E-state index in [9.17, 15) is 14.7 Å². The van der Waals surface area contributed by atoms with E-state index in [1.54, 1.807) is 18.2 Å². The monoisotopic (exact) mass is 341 g/mol. The number of aromatic nitrogens is 2. The highest BCUT2D eigenvalue weighted by molar-refractivity contribution is 5.86. The second kappa shape index (κ2) is 5.75. The number of aliphatic hydroxyl groups is 1. The highest BCUT2D eigenvalue weighted by atomic mass is 16.3. The lowest BCUT2D eigenvalue weighted by molar-refractivity contribution is -0.145. The lowest BCUT2D eigenvalue weighted by Gasteiger charge is -2.54. The summed E-state index contributed by atoms with van der Waals surface area (Å²) in [6.07, 6.45) is 2.91. The zero-order valence-electron chi connectivity index (χ0n) is 14.6. The summed E-state index contributed by atoms with van der Waals surface area (Å²) in [7, 11) is 0. The Hall–Kier alpha value is -2.05. The van der Waals surface area contributed by atoms with Gasteiger partial charge in [-0.1, -0.05) is 12.1 Å². The molecule has 0 saturated carbocycles. The van der Waals surface area contributed by atoms with Crippen molar-refractivity contribution in [3.63, 3.8) is 0 Å². The fraction of sp³-hybridized carbons (Fsp3) is 0.526. The number of Topliss-reactive ketones (excluding diaryl/α,β-unsaturated/α-hetero) is 1. The average molecular weight is 341 g/mol. The maximum atomic E-state index is 13.0. The van der Waals surface area contributed by atoms with Crippen molar-refractivity contribution in [1.82, 2.24) is 14.5 Å². The summed E-state index contributed by atoms with van der Waals surface area (Å²) >= 11 is 0. The molecule has 2 saturated heterocycles. The Labute approximate surface area is 146 Å². The number of carbonyl (C=O) groups is 1. The minimum absolute atomic E-state index is 0.00798. The molecule has 1 N–H and O–H groups in total. The van der Waals surface area contributed by atoms with Gasteiger partial charge in [-0.25, -0.2) is 4.98 Å². The van der Waals surface area contributed by atoms with Crippen molar-refractivity contribution in [3.05, 3.63) is 40.9 Å². The van der Waals surface area contributed by atoms with Crippen molar-refractivity contribution in [2.75, 3.05) is 6.54 Å². The topological polar surface area (TPSA) is 75.4 Å². The van der Waals surface area contributed by atoms with E-state index in [2.05, 4.69) is 9.88 Å². The van der Waals surface area contributed by atoms with Crippen molar-refractivity contribution < 1.29 is 9.90 Å². The Balaban J connectivity index is 1.83. The Bertz CT molecular complexity index is 889. The number of benzene rings is 1. The number of aliphatic hydroxyl groups excluding tert-OH is 1. The first-order chi connectivity index (χ1) is 11.9. The largest absolute Gasteiger partial charge is 0.391 e. The number of para-hydroxylation sites is 1. The molecule has 1 aromatic carbocycles. The van der Waals surface area contributed by atoms with E-state index in [4.69, 9.17) is 0 Å². The van der Waals surface area contributed by atoms with Gasteiger partial charge in [0, 0.05) is 18.0 Å². The van der Waals surface area contributed by atoms with Gasteiger partial charge in [-0.2, -0.15) is 0 Å². The van der Waals surface area contributed by atoms with Crippen molar-refractivity contribution in [2.24, 2.45) is 0 Å². The molecule has 6 nitrogen and oxygen atoms in total. The average Bonchev–Trinajstić information content (AvgIpc) is 2.58. The lowest BCUT2D eigenvalue weighted by Crippen LogP contribution is -2.66. The Morgan fingerprint density at radius 1 is 1.24 bits per heavy atom. The summed E-state index contributed by atoms with van der Waals surface area (Å²) in [5, 5.41) is 10.9. The smallest absolute Gasteiger partial charge is 0.261 e. The molecule has 0 radical (unpaired) electrons. The summed E-state index contributed by atoms with van der Waals surface area (Å²) in [4.78, 5) is 32.5. The van der Waals surface area contributed by atoms with Crippen LogP contribution in [0.25, 0.3) is 10.9 Å². The van der Waals surface area contributed by atoms with Crippen LogP contribution in [0.1, 0.15) is 39.2 Å². The van der Waals surface area contributed by atoms with E-state index >= 15 is 0 Å². The molecule has 0 spiro atoms. The maximum absolute atomic E-state index is 13.0. The van der Waals surface area contributed by atoms with E-state index in [1.807, 2.05) is 19.9 Å². The molecule has 132 valence electrons. The van der Waals surface area contributed by atoms with Gasteiger partial charge in [0.15, 0.2) is 5.78 Å². The number of hydrogen-bond donors (Lipinski definition) is 1. The quantitative estimate of drug-likeness (QED) is 0.851. The van der Waals surface area contributed by atoms with Crippen molar-refractivity contribution in [2.45, 2.75) is 56.8 Å². The normalized spacial score (nSPS) is 29.6. The molecule has 0 amide bonds. The highest BCUT2D eigenvalue weighted by Gasteiger charge is 2.51. The number of ketones is 1. The minimum Gasteiger partial charge on any atom is -0.391 e. The van der Waals surface area contributed by atoms with Crippen LogP contribution in [-0.2, 0) is 4.79 Å². The number of hydrogen-bond acceptors (Lipinski definition) is 5. The van der Waals surface area contributed by atoms with Crippen LogP contribution in [-0.4, -0.2) is 49.6 Å². The van der Waals surface area contributed by atoms with E-state index < -0.39 is 17.7 Å². The van der Waals surface area contributed by atoms with E-state index in [0.29, 0.717) is 10.9 Å². The van der Waals surface area contributed by atoms with Gasteiger partial charge in [-0.3, -0.25) is 19.1 Å². The van der Waals surface area contributed by atoms with Gasteiger partial charge < -0.3 is 5.11 Å². The molecule has 2 aliphatic rings. The van der Waals surface area contributed by atoms with Crippen LogP contribution >= 0.6 is 0 Å². The molecule has 1 aromatic heterocycles. The van der Waals surface area contributed by atoms with Gasteiger partial charge in [0.1, 0.15) is 6.04 Å². The molecule has 2 aromatic rings. The van der Waals surface area contributed by atoms with Crippen LogP contribution < -0.4 is 5.56 Å². The molecule has 2 aliphatic heterocycles. The van der Waals surface area contributed by atoms with Crippen LogP contribution in [0.3, 0.4) is 0 Å². The second-order valence-corrected chi connectivity index (χ2v) is 7.67. The summed E-state index contributed by atoms with van der Waals surface area (Å²) in [6, 6.07) is 6.44. The zero-order valence-corrected chi connectivity index (χ0v) is 14.6. The third kappa shape index (κ3) is 2.43. The van der Waals surface area contributed by atoms with Gasteiger partial charge in [0.2, 0.25) is 0 Å². The molecular weight excluding hydrogens is 318 g/mol. The molecule has 2 fully saturated rings. The van der Waals surface area contributed by atoms with E-state index in [0.717, 1.165) is 19.4 Å². The second-order valence-electron chi connectivity index (χ2n) is 7.67. The Morgan fingerprint density at radius 2 is 2.00 bits per heavy atom. The molecule has 25 heavy (non-hydrogen) atoms. The highest BCUT2D eigenvalue weighted by Crippen LogP contribution is 2.40. The number of fused-ring (bicyclic) bond motifs is 2. The minimum atomic E-state index is -0.598. The van der Waals surface area contributed by atoms with Crippen molar-refractivity contribution in [3.8, 4) is 0 Å². The third-order valence-corrected chi connectivity index (χ3v) is 5.84. The van der Waals surface area contributed by atoms with Crippen LogP contribution in [0.5, 0.6) is 0 Å². The lowest BCUT2D eigenvalue weighted by atomic mass is 9.76. The van der Waals surface area contributed by atoms with Crippen molar-refractivity contribution >= 4 is 16.7 Å². The standard InChI is InChI=1S/C19H23N3O3/c1-19(2)17(16(24)10-14-15(23)8-5-9-22(14)19)21-11-20-13-7-4-3-6-12(13)18(21)25/h3-4,6-7,11,14-15,17,23H,5,8-10H2,1-2H3/t14-,15-,17+/m0/s1. The maximum Gasteiger partial charge on any atom is 0.261 e. The van der Waals surface area contributed by atoms with Crippen molar-refractivity contribution in [1.29, 1.82) is 0 Å². The number of nitrogens with zero attached hydrogens (tertiary/aromatic N) is 3. The molecular formula is C19H23N3O3. The first-order valence-electron chi connectivity index (χ1n) is 8.84. The molecule has 3 heterocycles. The Morgan fingerprint density at radius 3 is 2.80 bits per heavy atom. The molecule has 6 heteroatoms. The van der Waals surface area contributed by atoms with E-state index in [1.165, 1.54) is 10.9 Å². The van der Waals surface area contributed by atoms with Gasteiger partial charge in [0.05, 0.1) is 23.3 Å². The predicted molar refractivity (Wildman–Crippen MR) is 94.5 cm³/mol. The zero-order chi connectivity index (χ0) is 17.8. The van der Waals surface area contributed by atoms with Crippen LogP contribution in [0.4, 0.5) is 0 Å². The fourth-order valence-corrected chi connectivity index (χ4v) is 4.63. The number of piperidine rings is 2. The summed E-state index contributed by atoms with van der Waals surface area (Å²) in [5.74, 6) is -0.00798. The molecule has 0 bridgehead atoms. The van der Waals surface area contributed by atoms with Gasteiger partial charge in [0.25, 0.3) is 5.56 Å². The van der Waals surface area contributed by atoms with Gasteiger partial charge in [-0.15, -0.1) is 0 Å². The molecule has 4 rings (SSSR count). The molecule has 0 unspecified atom stereocenters. The molecule has 0 aliphatic carbocycles. The fourth-order valence-electron chi connectivity index (χ4n) is 4.63. The summed E-state index contributed by atoms with van der Waals surface area (Å²) in [5.41, 5.74) is -0.112. The first-order valence-corrected chi connectivity index (χ1v) is 8.84. The predicted octanol–water partition coefficient (Wildman–Crippen LogP) is 1.51. The number of carbonyl (C=O) groups excluding carboxylic acids is 1. The SMILES string of the molecule is CC1(C)[C@H](n2cnc3ccccc3c2=O)C(=O)C[C@H]2[C@@H](O)CCCN21. The summed E-state index contributed by atoms with van der Waals surface area (Å²) in [6.45, 7) is 4.80. The van der Waals surface area contributed by atoms with Crippen LogP contribution in [0.15, 0.2) is 35.4 Å². The summed E-state index contributed by atoms with van der Waals surface area (Å²) < 4.78 is 1.49. The van der Waals surface area contributed by atoms with Gasteiger partial charge in [-0.05, 0) is 45.4 Å². The van der Waals surface area contributed by atoms with Gasteiger partial charge >= 0.3 is 0 Å². The van der Waals surface area contributed by atoms with E-state index in [-0.39, 0.29) is 23.8 Å². The Kier molecular flexibility index (Phi) is 3.77. The third-order valence-electron chi connectivity index (χ3n) is 5.84. The van der Waals surface area contributed by atoms with Crippen LogP contribution in [0, 0.1) is 0 Å². The first kappa shape index (κ1) is 16.4. The van der Waals surface area contributed by atoms with Crippen LogP contribution in [0.2, 0.25) is 0 Å².